The molecular formula is C10H16Cl2N4. The lowest BCUT2D eigenvalue weighted by Crippen LogP contribution is -2.16. The molecule has 0 radical (unpaired) electrons. The zero-order valence-electron chi connectivity index (χ0n) is 9.43. The lowest BCUT2D eigenvalue weighted by molar-refractivity contribution is 0.405. The highest BCUT2D eigenvalue weighted by atomic mass is 35.5. The zero-order chi connectivity index (χ0) is 12.1. The summed E-state index contributed by atoms with van der Waals surface area (Å²) in [5.74, 6) is 0.878. The van der Waals surface area contributed by atoms with Gasteiger partial charge in [-0.1, -0.05) is 23.2 Å². The van der Waals surface area contributed by atoms with Crippen molar-refractivity contribution in [3.8, 4) is 0 Å². The molecule has 0 unspecified atom stereocenters. The minimum absolute atomic E-state index is 0.293. The predicted molar refractivity (Wildman–Crippen MR) is 70.3 cm³/mol. The summed E-state index contributed by atoms with van der Waals surface area (Å²) in [6.07, 6.45) is 1.01. The van der Waals surface area contributed by atoms with Crippen LogP contribution in [0.25, 0.3) is 0 Å². The van der Waals surface area contributed by atoms with E-state index in [2.05, 4.69) is 15.2 Å². The minimum Gasteiger partial charge on any atom is -0.382 e. The van der Waals surface area contributed by atoms with Crippen molar-refractivity contribution >= 4 is 34.8 Å². The molecule has 0 aliphatic rings. The summed E-state index contributed by atoms with van der Waals surface area (Å²) in [5.41, 5.74) is 5.59. The second-order valence-corrected chi connectivity index (χ2v) is 4.58. The smallest absolute Gasteiger partial charge is 0.147 e. The van der Waals surface area contributed by atoms with E-state index in [1.807, 2.05) is 14.1 Å². The van der Waals surface area contributed by atoms with Crippen molar-refractivity contribution in [2.75, 3.05) is 38.2 Å². The maximum Gasteiger partial charge on any atom is 0.147 e. The van der Waals surface area contributed by atoms with Crippen LogP contribution in [0.15, 0.2) is 6.07 Å². The van der Waals surface area contributed by atoms with Crippen molar-refractivity contribution in [1.82, 2.24) is 9.88 Å². The van der Waals surface area contributed by atoms with Crippen LogP contribution in [0, 0.1) is 0 Å². The molecule has 1 rings (SSSR count). The fourth-order valence-electron chi connectivity index (χ4n) is 1.21. The standard InChI is InChI=1S/C10H16Cl2N4/c1-16(2)5-3-4-14-10-8(12)6-7(11)9(13)15-10/h6H,3-5H2,1-2H3,(H3,13,14,15). The first-order chi connectivity index (χ1) is 7.50. The van der Waals surface area contributed by atoms with Crippen molar-refractivity contribution in [3.05, 3.63) is 16.1 Å². The first kappa shape index (κ1) is 13.4. The van der Waals surface area contributed by atoms with Crippen LogP contribution in [-0.4, -0.2) is 37.1 Å². The average Bonchev–Trinajstić information content (AvgIpc) is 2.19. The van der Waals surface area contributed by atoms with Gasteiger partial charge in [0.15, 0.2) is 0 Å². The molecule has 0 bridgehead atoms. The summed E-state index contributed by atoms with van der Waals surface area (Å²) in [6, 6.07) is 1.60. The molecule has 6 heteroatoms. The number of nitrogens with zero attached hydrogens (tertiary/aromatic N) is 2. The summed E-state index contributed by atoms with van der Waals surface area (Å²) >= 11 is 11.7. The molecule has 4 nitrogen and oxygen atoms in total. The number of nitrogen functional groups attached to an aromatic ring is 1. The summed E-state index contributed by atoms with van der Waals surface area (Å²) in [5, 5.41) is 4.00. The Bertz CT molecular complexity index is 355. The molecule has 1 aromatic heterocycles. The molecule has 1 aromatic rings. The molecule has 0 fully saturated rings. The lowest BCUT2D eigenvalue weighted by atomic mass is 10.4. The quantitative estimate of drug-likeness (QED) is 0.800. The first-order valence-electron chi connectivity index (χ1n) is 5.01. The van der Waals surface area contributed by atoms with Crippen molar-refractivity contribution in [1.29, 1.82) is 0 Å². The fourth-order valence-corrected chi connectivity index (χ4v) is 1.63. The van der Waals surface area contributed by atoms with Gasteiger partial charge >= 0.3 is 0 Å². The average molecular weight is 263 g/mol. The fraction of sp³-hybridized carbons (Fsp3) is 0.500. The molecule has 0 amide bonds. The van der Waals surface area contributed by atoms with E-state index in [1.54, 1.807) is 6.07 Å². The molecular weight excluding hydrogens is 247 g/mol. The normalized spacial score (nSPS) is 10.8. The van der Waals surface area contributed by atoms with E-state index >= 15 is 0 Å². The summed E-state index contributed by atoms with van der Waals surface area (Å²) < 4.78 is 0. The Balaban J connectivity index is 2.51. The van der Waals surface area contributed by atoms with E-state index < -0.39 is 0 Å². The molecule has 0 aromatic carbocycles. The van der Waals surface area contributed by atoms with Gasteiger partial charge in [-0.2, -0.15) is 0 Å². The molecule has 90 valence electrons. The largest absolute Gasteiger partial charge is 0.382 e. The molecule has 16 heavy (non-hydrogen) atoms. The van der Waals surface area contributed by atoms with Crippen LogP contribution >= 0.6 is 23.2 Å². The van der Waals surface area contributed by atoms with Gasteiger partial charge in [0, 0.05) is 6.54 Å². The van der Waals surface area contributed by atoms with Gasteiger partial charge in [0.05, 0.1) is 10.0 Å². The van der Waals surface area contributed by atoms with E-state index in [1.165, 1.54) is 0 Å². The summed E-state index contributed by atoms with van der Waals surface area (Å²) in [7, 11) is 4.07. The lowest BCUT2D eigenvalue weighted by Gasteiger charge is -2.11. The van der Waals surface area contributed by atoms with Gasteiger partial charge in [0.1, 0.15) is 11.6 Å². The van der Waals surface area contributed by atoms with Crippen molar-refractivity contribution in [2.45, 2.75) is 6.42 Å². The highest BCUT2D eigenvalue weighted by Crippen LogP contribution is 2.27. The van der Waals surface area contributed by atoms with E-state index in [-0.39, 0.29) is 0 Å². The van der Waals surface area contributed by atoms with Crippen LogP contribution in [0.5, 0.6) is 0 Å². The summed E-state index contributed by atoms with van der Waals surface area (Å²) in [6.45, 7) is 1.81. The van der Waals surface area contributed by atoms with Gasteiger partial charge in [0.2, 0.25) is 0 Å². The number of nitrogens with two attached hydrogens (primary N) is 1. The highest BCUT2D eigenvalue weighted by molar-refractivity contribution is 6.37. The molecule has 0 saturated carbocycles. The van der Waals surface area contributed by atoms with Gasteiger partial charge < -0.3 is 16.0 Å². The Labute approximate surface area is 106 Å². The molecule has 0 spiro atoms. The SMILES string of the molecule is CN(C)CCCNc1nc(N)c(Cl)cc1Cl. The van der Waals surface area contributed by atoms with Crippen molar-refractivity contribution < 1.29 is 0 Å². The van der Waals surface area contributed by atoms with Crippen LogP contribution in [0.4, 0.5) is 11.6 Å². The van der Waals surface area contributed by atoms with Crippen LogP contribution < -0.4 is 11.1 Å². The maximum atomic E-state index is 5.97. The Morgan fingerprint density at radius 2 is 2.06 bits per heavy atom. The Kier molecular flexibility index (Phi) is 5.12. The summed E-state index contributed by atoms with van der Waals surface area (Å²) in [4.78, 5) is 6.20. The second kappa shape index (κ2) is 6.13. The molecule has 3 N–H and O–H groups in total. The van der Waals surface area contributed by atoms with Crippen LogP contribution in [-0.2, 0) is 0 Å². The maximum absolute atomic E-state index is 5.97. The molecule has 0 saturated heterocycles. The molecule has 0 aliphatic carbocycles. The van der Waals surface area contributed by atoms with E-state index in [9.17, 15) is 0 Å². The predicted octanol–water partition coefficient (Wildman–Crippen LogP) is 2.33. The number of rotatable bonds is 5. The third-order valence-corrected chi connectivity index (χ3v) is 2.62. The van der Waals surface area contributed by atoms with Crippen LogP contribution in [0.3, 0.4) is 0 Å². The Hall–Kier alpha value is -0.710. The number of anilines is 2. The number of pyridine rings is 1. The number of aromatic nitrogens is 1. The van der Waals surface area contributed by atoms with E-state index in [0.29, 0.717) is 21.7 Å². The topological polar surface area (TPSA) is 54.2 Å². The van der Waals surface area contributed by atoms with Crippen molar-refractivity contribution in [3.63, 3.8) is 0 Å². The third-order valence-electron chi connectivity index (χ3n) is 2.03. The Morgan fingerprint density at radius 1 is 1.38 bits per heavy atom. The number of nitrogens with one attached hydrogen (secondary N) is 1. The number of hydrogen-bond donors (Lipinski definition) is 2. The van der Waals surface area contributed by atoms with Gasteiger partial charge in [0.25, 0.3) is 0 Å². The monoisotopic (exact) mass is 262 g/mol. The van der Waals surface area contributed by atoms with Gasteiger partial charge in [-0.25, -0.2) is 4.98 Å². The van der Waals surface area contributed by atoms with Crippen LogP contribution in [0.1, 0.15) is 6.42 Å². The minimum atomic E-state index is 0.293. The highest BCUT2D eigenvalue weighted by Gasteiger charge is 2.06. The van der Waals surface area contributed by atoms with Crippen molar-refractivity contribution in [2.24, 2.45) is 0 Å². The molecule has 0 atom stereocenters. The van der Waals surface area contributed by atoms with E-state index in [4.69, 9.17) is 28.9 Å². The Morgan fingerprint density at radius 3 is 2.69 bits per heavy atom. The van der Waals surface area contributed by atoms with Gasteiger partial charge in [-0.05, 0) is 33.1 Å². The van der Waals surface area contributed by atoms with Gasteiger partial charge in [-0.15, -0.1) is 0 Å². The number of hydrogen-bond acceptors (Lipinski definition) is 4. The number of halogens is 2. The van der Waals surface area contributed by atoms with Gasteiger partial charge in [-0.3, -0.25) is 0 Å². The second-order valence-electron chi connectivity index (χ2n) is 3.77. The molecule has 0 aliphatic heterocycles. The third kappa shape index (κ3) is 4.04. The first-order valence-corrected chi connectivity index (χ1v) is 5.76. The van der Waals surface area contributed by atoms with Crippen LogP contribution in [0.2, 0.25) is 10.0 Å². The zero-order valence-corrected chi connectivity index (χ0v) is 10.9. The molecule has 1 heterocycles. The van der Waals surface area contributed by atoms with E-state index in [0.717, 1.165) is 19.5 Å².